The van der Waals surface area contributed by atoms with Gasteiger partial charge in [0.15, 0.2) is 11.5 Å². The third-order valence-electron chi connectivity index (χ3n) is 6.30. The molecule has 0 saturated heterocycles. The molecule has 0 aliphatic rings. The Labute approximate surface area is 212 Å². The summed E-state index contributed by atoms with van der Waals surface area (Å²) >= 11 is 0. The van der Waals surface area contributed by atoms with Gasteiger partial charge in [0.05, 0.1) is 19.8 Å². The van der Waals surface area contributed by atoms with Crippen molar-refractivity contribution < 1.29 is 14.2 Å². The highest BCUT2D eigenvalue weighted by Gasteiger charge is 2.16. The fourth-order valence-corrected chi connectivity index (χ4v) is 4.12. The summed E-state index contributed by atoms with van der Waals surface area (Å²) in [5, 5.41) is 0. The zero-order valence-corrected chi connectivity index (χ0v) is 22.9. The molecule has 34 heavy (non-hydrogen) atoms. The minimum absolute atomic E-state index is 0.724. The molecule has 0 amide bonds. The second kappa shape index (κ2) is 22.1. The molecule has 0 heterocycles. The van der Waals surface area contributed by atoms with Crippen molar-refractivity contribution in [2.24, 2.45) is 0 Å². The van der Waals surface area contributed by atoms with Gasteiger partial charge in [-0.1, -0.05) is 111 Å². The monoisotopic (exact) mass is 475 g/mol. The van der Waals surface area contributed by atoms with Crippen molar-refractivity contribution in [3.05, 3.63) is 24.6 Å². The fourth-order valence-electron chi connectivity index (χ4n) is 4.12. The third-order valence-corrected chi connectivity index (χ3v) is 6.30. The Morgan fingerprint density at radius 2 is 0.941 bits per heavy atom. The molecule has 0 bridgehead atoms. The molecule has 0 fully saturated rings. The number of benzene rings is 1. The van der Waals surface area contributed by atoms with Crippen LogP contribution in [0.3, 0.4) is 0 Å². The first-order valence-corrected chi connectivity index (χ1v) is 14.6. The number of ether oxygens (including phenoxy) is 3. The molecule has 0 aliphatic heterocycles. The summed E-state index contributed by atoms with van der Waals surface area (Å²) in [5.74, 6) is 2.55. The maximum Gasteiger partial charge on any atom is 0.203 e. The minimum Gasteiger partial charge on any atom is -0.490 e. The number of aryl methyl sites for hydroxylation is 1. The Hall–Kier alpha value is -1.38. The Morgan fingerprint density at radius 1 is 0.529 bits per heavy atom. The molecular weight excluding hydrogens is 420 g/mol. The van der Waals surface area contributed by atoms with Crippen LogP contribution in [0, 0.1) is 6.92 Å². The summed E-state index contributed by atoms with van der Waals surface area (Å²) in [6.45, 7) is 13.0. The van der Waals surface area contributed by atoms with Crippen molar-refractivity contribution in [3.8, 4) is 17.2 Å². The summed E-state index contributed by atoms with van der Waals surface area (Å²) in [6, 6.07) is 4.37. The Balaban J connectivity index is 2.85. The smallest absolute Gasteiger partial charge is 0.203 e. The second-order valence-corrected chi connectivity index (χ2v) is 9.67. The number of hydrogen-bond donors (Lipinski definition) is 0. The van der Waals surface area contributed by atoms with Crippen LogP contribution in [0.4, 0.5) is 0 Å². The van der Waals surface area contributed by atoms with E-state index in [9.17, 15) is 0 Å². The lowest BCUT2D eigenvalue weighted by molar-refractivity contribution is 0.234. The molecule has 0 saturated carbocycles. The van der Waals surface area contributed by atoms with Crippen LogP contribution < -0.4 is 14.2 Å². The predicted octanol–water partition coefficient (Wildman–Crippen LogP) is 9.89. The highest BCUT2D eigenvalue weighted by molar-refractivity contribution is 5.54. The van der Waals surface area contributed by atoms with Gasteiger partial charge < -0.3 is 14.2 Å². The van der Waals surface area contributed by atoms with Crippen molar-refractivity contribution >= 4 is 0 Å². The first kappa shape index (κ1) is 30.7. The van der Waals surface area contributed by atoms with Crippen LogP contribution in [0.2, 0.25) is 0 Å². The highest BCUT2D eigenvalue weighted by atomic mass is 16.5. The quantitative estimate of drug-likeness (QED) is 0.139. The lowest BCUT2D eigenvalue weighted by Gasteiger charge is -2.19. The normalized spacial score (nSPS) is 11.1. The average Bonchev–Trinajstić information content (AvgIpc) is 2.85. The molecule has 0 unspecified atom stereocenters. The van der Waals surface area contributed by atoms with Crippen molar-refractivity contribution in [2.75, 3.05) is 19.8 Å². The Bertz CT molecular complexity index is 547. The van der Waals surface area contributed by atoms with Crippen molar-refractivity contribution in [1.29, 1.82) is 0 Å². The zero-order valence-electron chi connectivity index (χ0n) is 22.9. The van der Waals surface area contributed by atoms with Crippen LogP contribution >= 0.6 is 0 Å². The van der Waals surface area contributed by atoms with Gasteiger partial charge in [-0.25, -0.2) is 0 Å². The van der Waals surface area contributed by atoms with E-state index in [0.717, 1.165) is 75.6 Å². The van der Waals surface area contributed by atoms with Gasteiger partial charge in [-0.3, -0.25) is 0 Å². The van der Waals surface area contributed by atoms with Gasteiger partial charge in [0.25, 0.3) is 0 Å². The molecule has 1 rings (SSSR count). The summed E-state index contributed by atoms with van der Waals surface area (Å²) in [7, 11) is 0. The van der Waals surface area contributed by atoms with Gasteiger partial charge in [0, 0.05) is 0 Å². The topological polar surface area (TPSA) is 27.7 Å². The van der Waals surface area contributed by atoms with E-state index >= 15 is 0 Å². The molecule has 0 N–H and O–H groups in total. The van der Waals surface area contributed by atoms with Gasteiger partial charge in [-0.2, -0.15) is 0 Å². The molecule has 0 atom stereocenters. The van der Waals surface area contributed by atoms with E-state index in [-0.39, 0.29) is 0 Å². The van der Waals surface area contributed by atoms with Gasteiger partial charge in [-0.15, -0.1) is 0 Å². The second-order valence-electron chi connectivity index (χ2n) is 9.67. The van der Waals surface area contributed by atoms with Crippen molar-refractivity contribution in [2.45, 2.75) is 136 Å². The molecule has 1 aromatic rings. The lowest BCUT2D eigenvalue weighted by Crippen LogP contribution is -2.07. The summed E-state index contributed by atoms with van der Waals surface area (Å²) in [5.41, 5.74) is 1.26. The summed E-state index contributed by atoms with van der Waals surface area (Å²) in [6.07, 6.45) is 21.5. The van der Waals surface area contributed by atoms with Crippen LogP contribution in [0.15, 0.2) is 12.1 Å². The first-order chi connectivity index (χ1) is 16.8. The highest BCUT2D eigenvalue weighted by Crippen LogP contribution is 2.40. The van der Waals surface area contributed by atoms with Crippen molar-refractivity contribution in [1.82, 2.24) is 0 Å². The molecule has 1 radical (unpaired) electrons. The number of rotatable bonds is 24. The van der Waals surface area contributed by atoms with Gasteiger partial charge in [-0.05, 0) is 49.8 Å². The largest absolute Gasteiger partial charge is 0.490 e. The Morgan fingerprint density at radius 3 is 1.35 bits per heavy atom. The van der Waals surface area contributed by atoms with Crippen molar-refractivity contribution in [3.63, 3.8) is 0 Å². The third kappa shape index (κ3) is 14.8. The van der Waals surface area contributed by atoms with E-state index in [1.807, 2.05) is 0 Å². The summed E-state index contributed by atoms with van der Waals surface area (Å²) < 4.78 is 19.0. The van der Waals surface area contributed by atoms with Crippen LogP contribution in [-0.4, -0.2) is 19.8 Å². The van der Waals surface area contributed by atoms with E-state index in [0.29, 0.717) is 0 Å². The maximum atomic E-state index is 6.34. The van der Waals surface area contributed by atoms with E-state index in [1.54, 1.807) is 0 Å². The fraction of sp³-hybridized carbons (Fsp3) is 0.774. The van der Waals surface area contributed by atoms with Gasteiger partial charge in [0.2, 0.25) is 5.75 Å². The lowest BCUT2D eigenvalue weighted by atomic mass is 10.1. The molecule has 0 aromatic heterocycles. The van der Waals surface area contributed by atoms with E-state index < -0.39 is 0 Å². The van der Waals surface area contributed by atoms with Crippen LogP contribution in [0.25, 0.3) is 0 Å². The molecule has 3 nitrogen and oxygen atoms in total. The van der Waals surface area contributed by atoms with Crippen LogP contribution in [0.5, 0.6) is 17.2 Å². The predicted molar refractivity (Wildman–Crippen MR) is 147 cm³/mol. The molecule has 3 heteroatoms. The van der Waals surface area contributed by atoms with Crippen LogP contribution in [0.1, 0.15) is 135 Å². The molecule has 0 spiro atoms. The van der Waals surface area contributed by atoms with Gasteiger partial charge >= 0.3 is 0 Å². The molecule has 1 aromatic carbocycles. The number of hydrogen-bond acceptors (Lipinski definition) is 3. The molecule has 0 aliphatic carbocycles. The van der Waals surface area contributed by atoms with Crippen LogP contribution in [-0.2, 0) is 6.42 Å². The van der Waals surface area contributed by atoms with E-state index in [1.165, 1.54) is 82.6 Å². The van der Waals surface area contributed by atoms with Gasteiger partial charge in [0.1, 0.15) is 0 Å². The standard InChI is InChI=1S/C31H55O3/c1-5-9-13-16-19-23-32-29-26-28(22-12-8-4)27-30(33-24-20-17-14-10-6-2)31(29)34-25-21-18-15-11-7-3/h26-27H,4-25H2,1-3H3. The van der Waals surface area contributed by atoms with E-state index in [4.69, 9.17) is 14.2 Å². The average molecular weight is 476 g/mol. The zero-order chi connectivity index (χ0) is 24.7. The maximum absolute atomic E-state index is 6.34. The molecular formula is C31H55O3. The summed E-state index contributed by atoms with van der Waals surface area (Å²) in [4.78, 5) is 0. The number of unbranched alkanes of at least 4 members (excludes halogenated alkanes) is 13. The first-order valence-electron chi connectivity index (χ1n) is 14.6. The SMILES string of the molecule is [CH2]CCCc1cc(OCCCCCCC)c(OCCCCCCC)c(OCCCCCCC)c1. The Kier molecular flexibility index (Phi) is 19.9. The minimum atomic E-state index is 0.724. The van der Waals surface area contributed by atoms with E-state index in [2.05, 4.69) is 39.8 Å². The molecule has 197 valence electrons.